The lowest BCUT2D eigenvalue weighted by molar-refractivity contribution is 0.669. The van der Waals surface area contributed by atoms with Gasteiger partial charge in [-0.1, -0.05) is 158 Å². The molecule has 0 unspecified atom stereocenters. The molecule has 0 N–H and O–H groups in total. The molecule has 11 aromatic rings. The van der Waals surface area contributed by atoms with Crippen molar-refractivity contribution in [2.24, 2.45) is 0 Å². The Morgan fingerprint density at radius 3 is 1.53 bits per heavy atom. The summed E-state index contributed by atoms with van der Waals surface area (Å²) < 4.78 is 8.79. The van der Waals surface area contributed by atoms with Gasteiger partial charge < -0.3 is 13.9 Å². The van der Waals surface area contributed by atoms with E-state index in [-0.39, 0.29) is 0 Å². The number of rotatable bonds is 7. The average molecular weight is 729 g/mol. The van der Waals surface area contributed by atoms with E-state index in [9.17, 15) is 0 Å². The average Bonchev–Trinajstić information content (AvgIpc) is 3.83. The molecule has 2 heterocycles. The monoisotopic (exact) mass is 728 g/mol. The smallest absolute Gasteiger partial charge is 0.136 e. The van der Waals surface area contributed by atoms with Gasteiger partial charge in [-0.2, -0.15) is 0 Å². The molecule has 0 saturated heterocycles. The minimum atomic E-state index is 0.881. The van der Waals surface area contributed by atoms with E-state index in [1.54, 1.807) is 0 Å². The van der Waals surface area contributed by atoms with Gasteiger partial charge in [-0.3, -0.25) is 0 Å². The van der Waals surface area contributed by atoms with Crippen molar-refractivity contribution < 1.29 is 4.42 Å². The zero-order valence-corrected chi connectivity index (χ0v) is 31.1. The number of anilines is 3. The molecule has 0 radical (unpaired) electrons. The van der Waals surface area contributed by atoms with Crippen LogP contribution in [0.25, 0.3) is 82.8 Å². The molecule has 9 aromatic carbocycles. The van der Waals surface area contributed by atoms with E-state index in [0.29, 0.717) is 0 Å². The number of benzene rings is 9. The molecular formula is C54H36N2O. The van der Waals surface area contributed by atoms with Crippen molar-refractivity contribution in [1.82, 2.24) is 4.57 Å². The van der Waals surface area contributed by atoms with Gasteiger partial charge in [0.05, 0.1) is 28.1 Å². The van der Waals surface area contributed by atoms with Gasteiger partial charge in [0, 0.05) is 43.9 Å². The Hall–Kier alpha value is -7.62. The van der Waals surface area contributed by atoms with Crippen LogP contribution in [-0.4, -0.2) is 4.57 Å². The van der Waals surface area contributed by atoms with Gasteiger partial charge >= 0.3 is 0 Å². The lowest BCUT2D eigenvalue weighted by atomic mass is 9.97. The van der Waals surface area contributed by atoms with Crippen molar-refractivity contribution in [3.8, 4) is 39.1 Å². The highest BCUT2D eigenvalue weighted by atomic mass is 16.3. The standard InChI is InChI=1S/C54H36N2O/c1-2-16-37(17-3-1)41-18-4-10-24-48(41)55(49-25-11-6-20-43(49)39-32-35-47-46-23-9-15-29-53(46)57-54(47)36-39)40-33-30-38(31-34-40)42-19-5-12-26-50(42)56-51-27-13-7-21-44(51)45-22-8-14-28-52(45)56/h1-36H. The topological polar surface area (TPSA) is 21.3 Å². The molecule has 0 aliphatic carbocycles. The van der Waals surface area contributed by atoms with Crippen molar-refractivity contribution in [3.05, 3.63) is 218 Å². The van der Waals surface area contributed by atoms with Gasteiger partial charge in [0.1, 0.15) is 11.2 Å². The van der Waals surface area contributed by atoms with Crippen molar-refractivity contribution in [2.45, 2.75) is 0 Å². The van der Waals surface area contributed by atoms with E-state index >= 15 is 0 Å². The fraction of sp³-hybridized carbons (Fsp3) is 0. The zero-order chi connectivity index (χ0) is 37.7. The van der Waals surface area contributed by atoms with Crippen LogP contribution in [-0.2, 0) is 0 Å². The van der Waals surface area contributed by atoms with Crippen LogP contribution in [0.2, 0.25) is 0 Å². The summed E-state index contributed by atoms with van der Waals surface area (Å²) in [6, 6.07) is 78.1. The fourth-order valence-corrected chi connectivity index (χ4v) is 8.63. The highest BCUT2D eigenvalue weighted by Crippen LogP contribution is 2.46. The molecule has 0 bridgehead atoms. The molecule has 0 aliphatic rings. The first kappa shape index (κ1) is 32.8. The quantitative estimate of drug-likeness (QED) is 0.163. The van der Waals surface area contributed by atoms with Crippen LogP contribution >= 0.6 is 0 Å². The van der Waals surface area contributed by atoms with Crippen LogP contribution < -0.4 is 4.90 Å². The molecule has 0 saturated carbocycles. The van der Waals surface area contributed by atoms with E-state index in [2.05, 4.69) is 216 Å². The first-order valence-corrected chi connectivity index (χ1v) is 19.4. The summed E-state index contributed by atoms with van der Waals surface area (Å²) in [6.45, 7) is 0. The van der Waals surface area contributed by atoms with Gasteiger partial charge in [-0.25, -0.2) is 0 Å². The van der Waals surface area contributed by atoms with Crippen LogP contribution in [0, 0.1) is 0 Å². The lowest BCUT2D eigenvalue weighted by Gasteiger charge is -2.30. The van der Waals surface area contributed by atoms with Crippen molar-refractivity contribution in [3.63, 3.8) is 0 Å². The highest BCUT2D eigenvalue weighted by Gasteiger charge is 2.22. The molecule has 57 heavy (non-hydrogen) atoms. The van der Waals surface area contributed by atoms with Crippen molar-refractivity contribution >= 4 is 60.8 Å². The second-order valence-corrected chi connectivity index (χ2v) is 14.5. The number of hydrogen-bond donors (Lipinski definition) is 0. The summed E-state index contributed by atoms with van der Waals surface area (Å²) in [5.41, 5.74) is 15.4. The maximum absolute atomic E-state index is 6.38. The van der Waals surface area contributed by atoms with Gasteiger partial charge in [0.15, 0.2) is 0 Å². The van der Waals surface area contributed by atoms with Crippen molar-refractivity contribution in [2.75, 3.05) is 4.90 Å². The van der Waals surface area contributed by atoms with E-state index in [1.165, 1.54) is 27.4 Å². The second-order valence-electron chi connectivity index (χ2n) is 14.5. The SMILES string of the molecule is c1ccc(-c2ccccc2N(c2ccc(-c3ccccc3-n3c4ccccc4c4ccccc43)cc2)c2ccccc2-c2ccc3c(c2)oc2ccccc23)cc1. The summed E-state index contributed by atoms with van der Waals surface area (Å²) in [4.78, 5) is 2.41. The zero-order valence-electron chi connectivity index (χ0n) is 31.1. The number of aromatic nitrogens is 1. The molecule has 3 nitrogen and oxygen atoms in total. The number of para-hydroxylation sites is 6. The summed E-state index contributed by atoms with van der Waals surface area (Å²) in [5, 5.41) is 4.76. The third-order valence-electron chi connectivity index (χ3n) is 11.2. The third-order valence-corrected chi connectivity index (χ3v) is 11.2. The molecule has 11 rings (SSSR count). The van der Waals surface area contributed by atoms with Crippen LogP contribution in [0.1, 0.15) is 0 Å². The Kier molecular flexibility index (Phi) is 7.82. The van der Waals surface area contributed by atoms with Crippen molar-refractivity contribution in [1.29, 1.82) is 0 Å². The van der Waals surface area contributed by atoms with Crippen LogP contribution in [0.5, 0.6) is 0 Å². The fourth-order valence-electron chi connectivity index (χ4n) is 8.63. The summed E-state index contributed by atoms with van der Waals surface area (Å²) in [6.07, 6.45) is 0. The number of furan rings is 1. The van der Waals surface area contributed by atoms with E-state index in [1.807, 2.05) is 12.1 Å². The molecule has 0 aliphatic heterocycles. The Morgan fingerprint density at radius 1 is 0.333 bits per heavy atom. The Labute approximate surface area is 330 Å². The van der Waals surface area contributed by atoms with E-state index in [4.69, 9.17) is 4.42 Å². The number of hydrogen-bond acceptors (Lipinski definition) is 2. The van der Waals surface area contributed by atoms with E-state index < -0.39 is 0 Å². The second kappa shape index (κ2) is 13.6. The maximum atomic E-state index is 6.38. The lowest BCUT2D eigenvalue weighted by Crippen LogP contribution is -2.12. The van der Waals surface area contributed by atoms with Crippen LogP contribution in [0.3, 0.4) is 0 Å². The highest BCUT2D eigenvalue weighted by molar-refractivity contribution is 6.10. The predicted octanol–water partition coefficient (Wildman–Crippen LogP) is 15.2. The first-order valence-electron chi connectivity index (χ1n) is 19.4. The normalized spacial score (nSPS) is 11.5. The third kappa shape index (κ3) is 5.51. The summed E-state index contributed by atoms with van der Waals surface area (Å²) in [5.74, 6) is 0. The van der Waals surface area contributed by atoms with Gasteiger partial charge in [0.25, 0.3) is 0 Å². The Balaban J connectivity index is 1.08. The van der Waals surface area contributed by atoms with Crippen LogP contribution in [0.4, 0.5) is 17.1 Å². The first-order chi connectivity index (χ1) is 28.3. The maximum Gasteiger partial charge on any atom is 0.136 e. The molecule has 2 aromatic heterocycles. The van der Waals surface area contributed by atoms with E-state index in [0.717, 1.165) is 72.5 Å². The van der Waals surface area contributed by atoms with Gasteiger partial charge in [0.2, 0.25) is 0 Å². The summed E-state index contributed by atoms with van der Waals surface area (Å²) in [7, 11) is 0. The number of nitrogens with zero attached hydrogens (tertiary/aromatic N) is 2. The molecule has 0 amide bonds. The largest absolute Gasteiger partial charge is 0.456 e. The molecule has 268 valence electrons. The molecule has 0 fully saturated rings. The summed E-state index contributed by atoms with van der Waals surface area (Å²) >= 11 is 0. The predicted molar refractivity (Wildman–Crippen MR) is 239 cm³/mol. The Morgan fingerprint density at radius 2 is 0.825 bits per heavy atom. The van der Waals surface area contributed by atoms with Crippen LogP contribution in [0.15, 0.2) is 223 Å². The van der Waals surface area contributed by atoms with Gasteiger partial charge in [-0.15, -0.1) is 0 Å². The molecular weight excluding hydrogens is 693 g/mol. The molecule has 3 heteroatoms. The number of fused-ring (bicyclic) bond motifs is 6. The molecule has 0 atom stereocenters. The Bertz CT molecular complexity index is 3190. The minimum Gasteiger partial charge on any atom is -0.456 e. The van der Waals surface area contributed by atoms with Gasteiger partial charge in [-0.05, 0) is 77.4 Å². The minimum absolute atomic E-state index is 0.881. The molecule has 0 spiro atoms.